The van der Waals surface area contributed by atoms with Gasteiger partial charge < -0.3 is 5.32 Å². The maximum absolute atomic E-state index is 12.8. The molecule has 1 aliphatic heterocycles. The number of nitrogens with zero attached hydrogens (tertiary/aromatic N) is 1. The molecular formula is C21H24F3N3O3S. The number of primary sulfonamides is 1. The molecule has 3 N–H and O–H groups in total. The van der Waals surface area contributed by atoms with Gasteiger partial charge in [0.25, 0.3) is 0 Å². The number of carbonyl (C=O) groups excluding carboxylic acids is 1. The first-order chi connectivity index (χ1) is 14.5. The molecule has 0 radical (unpaired) electrons. The molecular weight excluding hydrogens is 431 g/mol. The van der Waals surface area contributed by atoms with Crippen molar-refractivity contribution < 1.29 is 26.4 Å². The van der Waals surface area contributed by atoms with Crippen LogP contribution in [0.1, 0.15) is 42.9 Å². The lowest BCUT2D eigenvalue weighted by molar-refractivity contribution is -0.137. The molecule has 0 aliphatic carbocycles. The molecule has 0 saturated carbocycles. The number of nitrogens with two attached hydrogens (primary N) is 1. The molecule has 31 heavy (non-hydrogen) atoms. The third kappa shape index (κ3) is 6.28. The van der Waals surface area contributed by atoms with Gasteiger partial charge in [-0.2, -0.15) is 13.2 Å². The van der Waals surface area contributed by atoms with Gasteiger partial charge in [-0.15, -0.1) is 0 Å². The number of amides is 1. The van der Waals surface area contributed by atoms with E-state index in [1.54, 1.807) is 0 Å². The fourth-order valence-electron chi connectivity index (χ4n) is 3.73. The van der Waals surface area contributed by atoms with Crippen molar-refractivity contribution in [2.45, 2.75) is 42.8 Å². The van der Waals surface area contributed by atoms with Gasteiger partial charge in [0, 0.05) is 24.7 Å². The number of sulfonamides is 1. The van der Waals surface area contributed by atoms with E-state index >= 15 is 0 Å². The number of likely N-dealkylation sites (tertiary alicyclic amines) is 1. The highest BCUT2D eigenvalue weighted by molar-refractivity contribution is 7.89. The SMILES string of the molecule is NS(=O)(=O)c1ccc(NC(=O)CCN2CCCCC2c2ccc(C(F)(F)F)cc2)cc1. The number of halogens is 3. The van der Waals surface area contributed by atoms with Crippen molar-refractivity contribution in [3.63, 3.8) is 0 Å². The summed E-state index contributed by atoms with van der Waals surface area (Å²) in [6.45, 7) is 1.23. The van der Waals surface area contributed by atoms with Gasteiger partial charge in [-0.1, -0.05) is 18.6 Å². The van der Waals surface area contributed by atoms with E-state index in [-0.39, 0.29) is 23.3 Å². The van der Waals surface area contributed by atoms with Crippen molar-refractivity contribution in [2.75, 3.05) is 18.4 Å². The monoisotopic (exact) mass is 455 g/mol. The van der Waals surface area contributed by atoms with Crippen LogP contribution in [0.2, 0.25) is 0 Å². The van der Waals surface area contributed by atoms with Gasteiger partial charge >= 0.3 is 6.18 Å². The predicted octanol–water partition coefficient (Wildman–Crippen LogP) is 3.91. The minimum absolute atomic E-state index is 0.0297. The van der Waals surface area contributed by atoms with E-state index in [2.05, 4.69) is 10.2 Å². The van der Waals surface area contributed by atoms with Crippen LogP contribution in [0.4, 0.5) is 18.9 Å². The number of rotatable bonds is 6. The van der Waals surface area contributed by atoms with Crippen LogP contribution in [-0.2, 0) is 21.0 Å². The third-order valence-electron chi connectivity index (χ3n) is 5.33. The number of nitrogens with one attached hydrogen (secondary N) is 1. The van der Waals surface area contributed by atoms with E-state index in [1.807, 2.05) is 0 Å². The van der Waals surface area contributed by atoms with Crippen LogP contribution >= 0.6 is 0 Å². The first-order valence-electron chi connectivity index (χ1n) is 9.88. The number of hydrogen-bond donors (Lipinski definition) is 2. The molecule has 1 unspecified atom stereocenters. The van der Waals surface area contributed by atoms with Crippen LogP contribution in [0.15, 0.2) is 53.4 Å². The second-order valence-electron chi connectivity index (χ2n) is 7.53. The zero-order chi connectivity index (χ0) is 22.6. The lowest BCUT2D eigenvalue weighted by atomic mass is 9.94. The number of hydrogen-bond acceptors (Lipinski definition) is 4. The summed E-state index contributed by atoms with van der Waals surface area (Å²) < 4.78 is 61.0. The Hall–Kier alpha value is -2.43. The lowest BCUT2D eigenvalue weighted by Crippen LogP contribution is -2.35. The Labute approximate surface area is 179 Å². The molecule has 0 spiro atoms. The number of anilines is 1. The maximum atomic E-state index is 12.8. The fourth-order valence-corrected chi connectivity index (χ4v) is 4.24. The van der Waals surface area contributed by atoms with Gasteiger partial charge in [-0.25, -0.2) is 13.6 Å². The number of piperidine rings is 1. The van der Waals surface area contributed by atoms with Crippen molar-refractivity contribution in [1.82, 2.24) is 4.90 Å². The van der Waals surface area contributed by atoms with Gasteiger partial charge in [0.2, 0.25) is 15.9 Å². The summed E-state index contributed by atoms with van der Waals surface area (Å²) in [6, 6.07) is 10.7. The highest BCUT2D eigenvalue weighted by atomic mass is 32.2. The molecule has 1 aliphatic rings. The molecule has 1 amide bonds. The molecule has 1 heterocycles. The van der Waals surface area contributed by atoms with E-state index in [9.17, 15) is 26.4 Å². The first kappa shape index (κ1) is 23.2. The van der Waals surface area contributed by atoms with E-state index in [4.69, 9.17) is 5.14 Å². The predicted molar refractivity (Wildman–Crippen MR) is 111 cm³/mol. The molecule has 1 atom stereocenters. The zero-order valence-electron chi connectivity index (χ0n) is 16.7. The Morgan fingerprint density at radius 1 is 1.06 bits per heavy atom. The third-order valence-corrected chi connectivity index (χ3v) is 6.26. The van der Waals surface area contributed by atoms with E-state index in [1.165, 1.54) is 36.4 Å². The van der Waals surface area contributed by atoms with Crippen molar-refractivity contribution >= 4 is 21.6 Å². The average Bonchev–Trinajstić information content (AvgIpc) is 2.72. The Morgan fingerprint density at radius 2 is 1.71 bits per heavy atom. The highest BCUT2D eigenvalue weighted by Gasteiger charge is 2.31. The standard InChI is InChI=1S/C21H24F3N3O3S/c22-21(23,24)16-6-4-15(5-7-16)19-3-1-2-13-27(19)14-12-20(28)26-17-8-10-18(11-9-17)31(25,29)30/h4-11,19H,1-3,12-14H2,(H,26,28)(H2,25,29,30). The van der Waals surface area contributed by atoms with Gasteiger partial charge in [0.15, 0.2) is 0 Å². The van der Waals surface area contributed by atoms with Crippen molar-refractivity contribution in [3.05, 3.63) is 59.7 Å². The average molecular weight is 456 g/mol. The largest absolute Gasteiger partial charge is 0.416 e. The zero-order valence-corrected chi connectivity index (χ0v) is 17.5. The smallest absolute Gasteiger partial charge is 0.326 e. The van der Waals surface area contributed by atoms with Gasteiger partial charge in [-0.3, -0.25) is 9.69 Å². The van der Waals surface area contributed by atoms with Crippen molar-refractivity contribution in [1.29, 1.82) is 0 Å². The Balaban J connectivity index is 1.59. The van der Waals surface area contributed by atoms with Gasteiger partial charge in [-0.05, 0) is 61.3 Å². The Kier molecular flexibility index (Phi) is 7.03. The molecule has 10 heteroatoms. The topological polar surface area (TPSA) is 92.5 Å². The molecule has 6 nitrogen and oxygen atoms in total. The van der Waals surface area contributed by atoms with E-state index in [0.29, 0.717) is 12.2 Å². The van der Waals surface area contributed by atoms with Crippen LogP contribution in [-0.4, -0.2) is 32.3 Å². The van der Waals surface area contributed by atoms with Crippen molar-refractivity contribution in [3.8, 4) is 0 Å². The number of carbonyl (C=O) groups is 1. The van der Waals surface area contributed by atoms with Crippen LogP contribution in [0, 0.1) is 0 Å². The molecule has 168 valence electrons. The summed E-state index contributed by atoms with van der Waals surface area (Å²) in [7, 11) is -3.80. The summed E-state index contributed by atoms with van der Waals surface area (Å²) in [6.07, 6.45) is -1.40. The van der Waals surface area contributed by atoms with Crippen molar-refractivity contribution in [2.24, 2.45) is 5.14 Å². The molecule has 1 fully saturated rings. The fraction of sp³-hybridized carbons (Fsp3) is 0.381. The quantitative estimate of drug-likeness (QED) is 0.691. The van der Waals surface area contributed by atoms with E-state index in [0.717, 1.165) is 43.5 Å². The normalized spacial score (nSPS) is 18.0. The summed E-state index contributed by atoms with van der Waals surface area (Å²) in [5.74, 6) is -0.236. The summed E-state index contributed by atoms with van der Waals surface area (Å²) in [4.78, 5) is 14.4. The van der Waals surface area contributed by atoms with Gasteiger partial charge in [0.1, 0.15) is 0 Å². The van der Waals surface area contributed by atoms with Crippen LogP contribution < -0.4 is 10.5 Å². The second-order valence-corrected chi connectivity index (χ2v) is 9.10. The van der Waals surface area contributed by atoms with E-state index < -0.39 is 21.8 Å². The Bertz CT molecular complexity index is 1010. The summed E-state index contributed by atoms with van der Waals surface area (Å²) in [5.41, 5.74) is 0.591. The van der Waals surface area contributed by atoms with Crippen LogP contribution in [0.3, 0.4) is 0 Å². The minimum atomic E-state index is -4.37. The molecule has 2 aromatic carbocycles. The molecule has 0 aromatic heterocycles. The van der Waals surface area contributed by atoms with Crippen LogP contribution in [0.5, 0.6) is 0 Å². The molecule has 1 saturated heterocycles. The summed E-state index contributed by atoms with van der Waals surface area (Å²) >= 11 is 0. The second kappa shape index (κ2) is 9.37. The minimum Gasteiger partial charge on any atom is -0.326 e. The lowest BCUT2D eigenvalue weighted by Gasteiger charge is -2.36. The molecule has 2 aromatic rings. The maximum Gasteiger partial charge on any atom is 0.416 e. The van der Waals surface area contributed by atoms with Gasteiger partial charge in [0.05, 0.1) is 10.5 Å². The number of benzene rings is 2. The summed E-state index contributed by atoms with van der Waals surface area (Å²) in [5, 5.41) is 7.77. The highest BCUT2D eigenvalue weighted by Crippen LogP contribution is 2.34. The number of alkyl halides is 3. The molecule has 3 rings (SSSR count). The Morgan fingerprint density at radius 3 is 2.29 bits per heavy atom. The first-order valence-corrected chi connectivity index (χ1v) is 11.4. The molecule has 0 bridgehead atoms. The van der Waals surface area contributed by atoms with Crippen LogP contribution in [0.25, 0.3) is 0 Å².